The average molecular weight is 431 g/mol. The Hall–Kier alpha value is -3.07. The first-order valence-electron chi connectivity index (χ1n) is 10.7. The molecule has 1 amide bonds. The molecule has 0 atom stereocenters. The SMILES string of the molecule is CCCn1c(N)c(N(CCOC)C(=O)c2ccc(OC3CCCC3)cc2)c(=O)[nH]c1=O. The Kier molecular flexibility index (Phi) is 7.51. The molecule has 1 aliphatic carbocycles. The number of nitrogens with two attached hydrogens (primary N) is 1. The smallest absolute Gasteiger partial charge is 0.330 e. The fraction of sp³-hybridized carbons (Fsp3) is 0.500. The molecule has 9 heteroatoms. The molecule has 1 aliphatic rings. The molecule has 1 saturated carbocycles. The van der Waals surface area contributed by atoms with E-state index in [4.69, 9.17) is 15.2 Å². The van der Waals surface area contributed by atoms with Crippen molar-refractivity contribution in [1.82, 2.24) is 9.55 Å². The number of anilines is 2. The summed E-state index contributed by atoms with van der Waals surface area (Å²) in [6.07, 6.45) is 5.29. The summed E-state index contributed by atoms with van der Waals surface area (Å²) in [5, 5.41) is 0. The number of ether oxygens (including phenoxy) is 2. The predicted molar refractivity (Wildman–Crippen MR) is 119 cm³/mol. The lowest BCUT2D eigenvalue weighted by Crippen LogP contribution is -2.42. The van der Waals surface area contributed by atoms with Crippen LogP contribution < -0.4 is 26.6 Å². The molecule has 0 saturated heterocycles. The van der Waals surface area contributed by atoms with Crippen LogP contribution in [0.3, 0.4) is 0 Å². The van der Waals surface area contributed by atoms with Gasteiger partial charge in [-0.05, 0) is 56.4 Å². The van der Waals surface area contributed by atoms with Crippen LogP contribution >= 0.6 is 0 Å². The number of rotatable bonds is 9. The van der Waals surface area contributed by atoms with Gasteiger partial charge in [-0.3, -0.25) is 24.0 Å². The van der Waals surface area contributed by atoms with Gasteiger partial charge in [0.2, 0.25) is 0 Å². The first-order chi connectivity index (χ1) is 15.0. The van der Waals surface area contributed by atoms with E-state index in [2.05, 4.69) is 4.98 Å². The molecule has 1 heterocycles. The normalized spacial score (nSPS) is 14.0. The summed E-state index contributed by atoms with van der Waals surface area (Å²) in [6.45, 7) is 2.52. The number of aromatic amines is 1. The second-order valence-electron chi connectivity index (χ2n) is 7.64. The number of hydrogen-bond donors (Lipinski definition) is 2. The molecule has 0 unspecified atom stereocenters. The third-order valence-electron chi connectivity index (χ3n) is 5.40. The number of amides is 1. The van der Waals surface area contributed by atoms with Crippen LogP contribution in [0.25, 0.3) is 0 Å². The van der Waals surface area contributed by atoms with Crippen molar-refractivity contribution < 1.29 is 14.3 Å². The van der Waals surface area contributed by atoms with Crippen LogP contribution in [0.2, 0.25) is 0 Å². The number of H-pyrrole nitrogens is 1. The minimum atomic E-state index is -0.708. The number of methoxy groups -OCH3 is 1. The molecule has 1 aromatic heterocycles. The average Bonchev–Trinajstić information content (AvgIpc) is 3.26. The van der Waals surface area contributed by atoms with Crippen LogP contribution in [0.1, 0.15) is 49.4 Å². The molecule has 0 spiro atoms. The van der Waals surface area contributed by atoms with Crippen molar-refractivity contribution in [3.63, 3.8) is 0 Å². The summed E-state index contributed by atoms with van der Waals surface area (Å²) in [6, 6.07) is 6.84. The number of carbonyl (C=O) groups excluding carboxylic acids is 1. The maximum absolute atomic E-state index is 13.3. The summed E-state index contributed by atoms with van der Waals surface area (Å²) < 4.78 is 12.3. The Morgan fingerprint density at radius 1 is 1.23 bits per heavy atom. The van der Waals surface area contributed by atoms with Crippen molar-refractivity contribution in [2.45, 2.75) is 51.7 Å². The Bertz CT molecular complexity index is 1010. The maximum atomic E-state index is 13.3. The summed E-state index contributed by atoms with van der Waals surface area (Å²) in [5.74, 6) is 0.255. The fourth-order valence-corrected chi connectivity index (χ4v) is 3.81. The topological polar surface area (TPSA) is 120 Å². The highest BCUT2D eigenvalue weighted by molar-refractivity contribution is 6.07. The van der Waals surface area contributed by atoms with E-state index in [-0.39, 0.29) is 30.8 Å². The molecule has 0 bridgehead atoms. The molecule has 0 aliphatic heterocycles. The molecular formula is C22H30N4O5. The zero-order valence-corrected chi connectivity index (χ0v) is 18.1. The van der Waals surface area contributed by atoms with E-state index in [1.165, 1.54) is 29.4 Å². The monoisotopic (exact) mass is 430 g/mol. The summed E-state index contributed by atoms with van der Waals surface area (Å²) in [7, 11) is 1.50. The van der Waals surface area contributed by atoms with E-state index in [1.807, 2.05) is 6.92 Å². The Labute approximate surface area is 180 Å². The molecule has 1 aromatic carbocycles. The van der Waals surface area contributed by atoms with Gasteiger partial charge < -0.3 is 15.2 Å². The van der Waals surface area contributed by atoms with E-state index in [0.717, 1.165) is 12.8 Å². The lowest BCUT2D eigenvalue weighted by Gasteiger charge is -2.24. The quantitative estimate of drug-likeness (QED) is 0.629. The van der Waals surface area contributed by atoms with Gasteiger partial charge in [-0.2, -0.15) is 0 Å². The largest absolute Gasteiger partial charge is 0.490 e. The van der Waals surface area contributed by atoms with E-state index in [0.29, 0.717) is 24.3 Å². The van der Waals surface area contributed by atoms with Gasteiger partial charge in [-0.1, -0.05) is 6.92 Å². The third kappa shape index (κ3) is 5.16. The first kappa shape index (κ1) is 22.6. The molecule has 1 fully saturated rings. The number of hydrogen-bond acceptors (Lipinski definition) is 6. The third-order valence-corrected chi connectivity index (χ3v) is 5.40. The highest BCUT2D eigenvalue weighted by Crippen LogP contribution is 2.25. The van der Waals surface area contributed by atoms with E-state index in [9.17, 15) is 14.4 Å². The summed E-state index contributed by atoms with van der Waals surface area (Å²) >= 11 is 0. The van der Waals surface area contributed by atoms with Crippen molar-refractivity contribution in [2.75, 3.05) is 30.9 Å². The van der Waals surface area contributed by atoms with Crippen LogP contribution in [0.4, 0.5) is 11.5 Å². The van der Waals surface area contributed by atoms with E-state index < -0.39 is 17.2 Å². The number of nitrogen functional groups attached to an aromatic ring is 1. The Morgan fingerprint density at radius 3 is 2.52 bits per heavy atom. The van der Waals surface area contributed by atoms with Crippen molar-refractivity contribution in [3.8, 4) is 5.75 Å². The highest BCUT2D eigenvalue weighted by atomic mass is 16.5. The minimum Gasteiger partial charge on any atom is -0.490 e. The number of nitrogens with one attached hydrogen (secondary N) is 1. The zero-order valence-electron chi connectivity index (χ0n) is 18.1. The van der Waals surface area contributed by atoms with Crippen LogP contribution in [0.5, 0.6) is 5.75 Å². The second-order valence-corrected chi connectivity index (χ2v) is 7.64. The van der Waals surface area contributed by atoms with E-state index >= 15 is 0 Å². The van der Waals surface area contributed by atoms with Crippen LogP contribution in [-0.2, 0) is 11.3 Å². The van der Waals surface area contributed by atoms with Gasteiger partial charge in [-0.25, -0.2) is 4.79 Å². The Balaban J connectivity index is 1.92. The lowest BCUT2D eigenvalue weighted by atomic mass is 10.1. The van der Waals surface area contributed by atoms with Crippen molar-refractivity contribution >= 4 is 17.4 Å². The zero-order chi connectivity index (χ0) is 22.4. The van der Waals surface area contributed by atoms with Gasteiger partial charge in [0.15, 0.2) is 5.69 Å². The molecule has 3 rings (SSSR count). The molecule has 9 nitrogen and oxygen atoms in total. The van der Waals surface area contributed by atoms with Gasteiger partial charge >= 0.3 is 5.69 Å². The summed E-state index contributed by atoms with van der Waals surface area (Å²) in [5.41, 5.74) is 5.18. The molecule has 3 N–H and O–H groups in total. The van der Waals surface area contributed by atoms with Crippen LogP contribution in [-0.4, -0.2) is 41.8 Å². The number of nitrogens with zero attached hydrogens (tertiary/aromatic N) is 2. The summed E-state index contributed by atoms with van der Waals surface area (Å²) in [4.78, 5) is 41.6. The molecule has 31 heavy (non-hydrogen) atoms. The van der Waals surface area contributed by atoms with Crippen LogP contribution in [0.15, 0.2) is 33.9 Å². The van der Waals surface area contributed by atoms with Crippen molar-refractivity contribution in [3.05, 3.63) is 50.7 Å². The first-order valence-corrected chi connectivity index (χ1v) is 10.7. The van der Waals surface area contributed by atoms with Gasteiger partial charge in [0.25, 0.3) is 11.5 Å². The fourth-order valence-electron chi connectivity index (χ4n) is 3.81. The Morgan fingerprint density at radius 2 is 1.90 bits per heavy atom. The minimum absolute atomic E-state index is 0.0405. The van der Waals surface area contributed by atoms with Crippen molar-refractivity contribution in [1.29, 1.82) is 0 Å². The van der Waals surface area contributed by atoms with Gasteiger partial charge in [0.05, 0.1) is 12.7 Å². The molecule has 168 valence electrons. The van der Waals surface area contributed by atoms with Crippen molar-refractivity contribution in [2.24, 2.45) is 0 Å². The van der Waals surface area contributed by atoms with Gasteiger partial charge in [0.1, 0.15) is 11.6 Å². The predicted octanol–water partition coefficient (Wildman–Crippen LogP) is 2.14. The number of carbonyl (C=O) groups is 1. The second kappa shape index (κ2) is 10.3. The molecular weight excluding hydrogens is 400 g/mol. The van der Waals surface area contributed by atoms with E-state index in [1.54, 1.807) is 24.3 Å². The number of aromatic nitrogens is 2. The standard InChI is InChI=1S/C22H30N4O5/c1-3-12-26-19(23)18(20(27)24-22(26)29)25(13-14-30-2)21(28)15-8-10-17(11-9-15)31-16-6-4-5-7-16/h8-11,16H,3-7,12-14,23H2,1-2H3,(H,24,27,29). The molecule has 0 radical (unpaired) electrons. The van der Waals surface area contributed by atoms with Crippen LogP contribution in [0, 0.1) is 0 Å². The molecule has 2 aromatic rings. The number of benzene rings is 1. The maximum Gasteiger partial charge on any atom is 0.330 e. The lowest BCUT2D eigenvalue weighted by molar-refractivity contribution is 0.0975. The van der Waals surface area contributed by atoms with Gasteiger partial charge in [0, 0.05) is 25.8 Å². The van der Waals surface area contributed by atoms with Gasteiger partial charge in [-0.15, -0.1) is 0 Å². The highest BCUT2D eigenvalue weighted by Gasteiger charge is 2.25.